The lowest BCUT2D eigenvalue weighted by Crippen LogP contribution is -2.22. The van der Waals surface area contributed by atoms with Crippen molar-refractivity contribution in [2.75, 3.05) is 27.3 Å². The average molecular weight is 293 g/mol. The van der Waals surface area contributed by atoms with E-state index in [-0.39, 0.29) is 0 Å². The number of nitrogens with one attached hydrogen (secondary N) is 1. The Hall–Kier alpha value is -1.22. The average Bonchev–Trinajstić information content (AvgIpc) is 2.48. The molecule has 3 nitrogen and oxygen atoms in total. The minimum Gasteiger partial charge on any atom is -0.497 e. The summed E-state index contributed by atoms with van der Waals surface area (Å²) in [5.41, 5.74) is 1.24. The van der Waals surface area contributed by atoms with Crippen LogP contribution in [-0.4, -0.2) is 27.3 Å². The lowest BCUT2D eigenvalue weighted by molar-refractivity contribution is 0.394. The SMILES string of the molecule is COc1ccc(OC)c(CCC(C)CCNCC(C)C)c1. The van der Waals surface area contributed by atoms with E-state index in [0.717, 1.165) is 36.9 Å². The van der Waals surface area contributed by atoms with Gasteiger partial charge in [-0.25, -0.2) is 0 Å². The Morgan fingerprint density at radius 3 is 2.43 bits per heavy atom. The fraction of sp³-hybridized carbons (Fsp3) is 0.667. The smallest absolute Gasteiger partial charge is 0.122 e. The van der Waals surface area contributed by atoms with Crippen LogP contribution in [0.1, 0.15) is 39.2 Å². The molecule has 0 heterocycles. The molecule has 120 valence electrons. The van der Waals surface area contributed by atoms with E-state index in [1.807, 2.05) is 12.1 Å². The maximum absolute atomic E-state index is 5.43. The van der Waals surface area contributed by atoms with Gasteiger partial charge in [0.2, 0.25) is 0 Å². The van der Waals surface area contributed by atoms with Crippen LogP contribution in [0.4, 0.5) is 0 Å². The third kappa shape index (κ3) is 6.85. The van der Waals surface area contributed by atoms with Crippen LogP contribution in [0.25, 0.3) is 0 Å². The molecule has 1 atom stereocenters. The first-order chi connectivity index (χ1) is 10.1. The lowest BCUT2D eigenvalue weighted by Gasteiger charge is -2.15. The normalized spacial score (nSPS) is 12.5. The van der Waals surface area contributed by atoms with Gasteiger partial charge in [0.15, 0.2) is 0 Å². The zero-order chi connectivity index (χ0) is 15.7. The molecule has 0 amide bonds. The number of aryl methyl sites for hydroxylation is 1. The van der Waals surface area contributed by atoms with E-state index in [1.165, 1.54) is 18.4 Å². The largest absolute Gasteiger partial charge is 0.497 e. The van der Waals surface area contributed by atoms with E-state index in [0.29, 0.717) is 5.92 Å². The zero-order valence-electron chi connectivity index (χ0n) is 14.2. The second kappa shape index (κ2) is 9.67. The summed E-state index contributed by atoms with van der Waals surface area (Å²) in [6.07, 6.45) is 3.43. The molecule has 0 fully saturated rings. The van der Waals surface area contributed by atoms with Gasteiger partial charge in [0.05, 0.1) is 14.2 Å². The van der Waals surface area contributed by atoms with Gasteiger partial charge in [0.1, 0.15) is 11.5 Å². The molecule has 0 aromatic heterocycles. The number of benzene rings is 1. The van der Waals surface area contributed by atoms with Crippen molar-refractivity contribution < 1.29 is 9.47 Å². The summed E-state index contributed by atoms with van der Waals surface area (Å²) < 4.78 is 10.7. The molecule has 0 aliphatic rings. The summed E-state index contributed by atoms with van der Waals surface area (Å²) in [4.78, 5) is 0. The monoisotopic (exact) mass is 293 g/mol. The van der Waals surface area contributed by atoms with Crippen molar-refractivity contribution in [3.05, 3.63) is 23.8 Å². The molecule has 1 aromatic rings. The summed E-state index contributed by atoms with van der Waals surface area (Å²) in [5.74, 6) is 3.29. The van der Waals surface area contributed by atoms with Crippen molar-refractivity contribution in [3.8, 4) is 11.5 Å². The molecule has 0 aliphatic heterocycles. The summed E-state index contributed by atoms with van der Waals surface area (Å²) >= 11 is 0. The summed E-state index contributed by atoms with van der Waals surface area (Å²) in [7, 11) is 3.43. The molecular formula is C18H31NO2. The second-order valence-electron chi connectivity index (χ2n) is 6.21. The molecule has 0 radical (unpaired) electrons. The molecule has 0 aliphatic carbocycles. The van der Waals surface area contributed by atoms with E-state index in [4.69, 9.17) is 9.47 Å². The first kappa shape index (κ1) is 17.8. The molecule has 1 unspecified atom stereocenters. The Kier molecular flexibility index (Phi) is 8.21. The molecule has 21 heavy (non-hydrogen) atoms. The first-order valence-electron chi connectivity index (χ1n) is 7.98. The van der Waals surface area contributed by atoms with E-state index in [2.05, 4.69) is 32.2 Å². The van der Waals surface area contributed by atoms with Gasteiger partial charge in [-0.1, -0.05) is 20.8 Å². The minimum absolute atomic E-state index is 0.709. The molecule has 0 saturated carbocycles. The van der Waals surface area contributed by atoms with Gasteiger partial charge in [-0.05, 0) is 68.0 Å². The number of hydrogen-bond acceptors (Lipinski definition) is 3. The molecule has 0 spiro atoms. The van der Waals surface area contributed by atoms with Crippen molar-refractivity contribution in [1.82, 2.24) is 5.32 Å². The summed E-state index contributed by atoms with van der Waals surface area (Å²) in [6, 6.07) is 6.02. The number of methoxy groups -OCH3 is 2. The van der Waals surface area contributed by atoms with Crippen molar-refractivity contribution in [2.45, 2.75) is 40.0 Å². The van der Waals surface area contributed by atoms with Crippen LogP contribution < -0.4 is 14.8 Å². The van der Waals surface area contributed by atoms with E-state index >= 15 is 0 Å². The Bertz CT molecular complexity index is 404. The minimum atomic E-state index is 0.709. The predicted octanol–water partition coefficient (Wildman–Crippen LogP) is 3.91. The van der Waals surface area contributed by atoms with Crippen LogP contribution in [0.3, 0.4) is 0 Å². The Balaban J connectivity index is 2.39. The van der Waals surface area contributed by atoms with E-state index < -0.39 is 0 Å². The lowest BCUT2D eigenvalue weighted by atomic mass is 9.97. The maximum Gasteiger partial charge on any atom is 0.122 e. The van der Waals surface area contributed by atoms with E-state index in [1.54, 1.807) is 14.2 Å². The van der Waals surface area contributed by atoms with Gasteiger partial charge < -0.3 is 14.8 Å². The molecule has 3 heteroatoms. The highest BCUT2D eigenvalue weighted by atomic mass is 16.5. The van der Waals surface area contributed by atoms with Gasteiger partial charge in [-0.3, -0.25) is 0 Å². The van der Waals surface area contributed by atoms with Crippen LogP contribution in [-0.2, 0) is 6.42 Å². The van der Waals surface area contributed by atoms with Crippen molar-refractivity contribution >= 4 is 0 Å². The summed E-state index contributed by atoms with van der Waals surface area (Å²) in [5, 5.41) is 3.51. The fourth-order valence-corrected chi connectivity index (χ4v) is 2.36. The van der Waals surface area contributed by atoms with Crippen LogP contribution in [0.15, 0.2) is 18.2 Å². The standard InChI is InChI=1S/C18H31NO2/c1-14(2)13-19-11-10-15(3)6-7-16-12-17(20-4)8-9-18(16)21-5/h8-9,12,14-15,19H,6-7,10-11,13H2,1-5H3. The van der Waals surface area contributed by atoms with Gasteiger partial charge >= 0.3 is 0 Å². The third-order valence-corrected chi connectivity index (χ3v) is 3.76. The van der Waals surface area contributed by atoms with E-state index in [9.17, 15) is 0 Å². The predicted molar refractivity (Wildman–Crippen MR) is 89.4 cm³/mol. The number of ether oxygens (including phenoxy) is 2. The molecule has 0 bridgehead atoms. The topological polar surface area (TPSA) is 30.5 Å². The molecule has 1 N–H and O–H groups in total. The van der Waals surface area contributed by atoms with Crippen LogP contribution in [0.5, 0.6) is 11.5 Å². The zero-order valence-corrected chi connectivity index (χ0v) is 14.2. The van der Waals surface area contributed by atoms with Crippen molar-refractivity contribution in [3.63, 3.8) is 0 Å². The van der Waals surface area contributed by atoms with Gasteiger partial charge in [-0.15, -0.1) is 0 Å². The van der Waals surface area contributed by atoms with Crippen LogP contribution >= 0.6 is 0 Å². The molecule has 0 saturated heterocycles. The van der Waals surface area contributed by atoms with Gasteiger partial charge in [0.25, 0.3) is 0 Å². The van der Waals surface area contributed by atoms with Gasteiger partial charge in [0, 0.05) is 0 Å². The molecular weight excluding hydrogens is 262 g/mol. The Labute approximate surface area is 130 Å². The maximum atomic E-state index is 5.43. The van der Waals surface area contributed by atoms with Gasteiger partial charge in [-0.2, -0.15) is 0 Å². The van der Waals surface area contributed by atoms with Crippen LogP contribution in [0.2, 0.25) is 0 Å². The van der Waals surface area contributed by atoms with Crippen molar-refractivity contribution in [1.29, 1.82) is 0 Å². The number of rotatable bonds is 10. The Morgan fingerprint density at radius 1 is 1.05 bits per heavy atom. The Morgan fingerprint density at radius 2 is 1.81 bits per heavy atom. The fourth-order valence-electron chi connectivity index (χ4n) is 2.36. The highest BCUT2D eigenvalue weighted by Gasteiger charge is 2.08. The van der Waals surface area contributed by atoms with Crippen molar-refractivity contribution in [2.24, 2.45) is 11.8 Å². The third-order valence-electron chi connectivity index (χ3n) is 3.76. The number of hydrogen-bond donors (Lipinski definition) is 1. The molecule has 1 aromatic carbocycles. The molecule has 1 rings (SSSR count). The highest BCUT2D eigenvalue weighted by Crippen LogP contribution is 2.26. The summed E-state index contributed by atoms with van der Waals surface area (Å²) in [6.45, 7) is 9.02. The highest BCUT2D eigenvalue weighted by molar-refractivity contribution is 5.40. The first-order valence-corrected chi connectivity index (χ1v) is 7.98. The second-order valence-corrected chi connectivity index (χ2v) is 6.21. The van der Waals surface area contributed by atoms with Crippen LogP contribution in [0, 0.1) is 11.8 Å². The quantitative estimate of drug-likeness (QED) is 0.664.